The van der Waals surface area contributed by atoms with Crippen LogP contribution in [0.1, 0.15) is 5.56 Å². The maximum atomic E-state index is 13.8. The minimum atomic E-state index is -0.159. The molecule has 0 spiro atoms. The largest absolute Gasteiger partial charge is 0.378 e. The van der Waals surface area contributed by atoms with Crippen LogP contribution in [-0.4, -0.2) is 32.8 Å². The van der Waals surface area contributed by atoms with Crippen molar-refractivity contribution in [2.75, 3.05) is 37.7 Å². The van der Waals surface area contributed by atoms with E-state index < -0.39 is 0 Å². The van der Waals surface area contributed by atoms with Crippen LogP contribution < -0.4 is 10.6 Å². The quantitative estimate of drug-likeness (QED) is 0.837. The maximum Gasteiger partial charge on any atom is 0.146 e. The normalized spacial score (nSPS) is 16.5. The lowest BCUT2D eigenvalue weighted by atomic mass is 10.1. The monoisotopic (exact) mass is 224 g/mol. The molecular formula is C12H17FN2O. The molecule has 0 amide bonds. The van der Waals surface area contributed by atoms with Crippen LogP contribution in [-0.2, 0) is 11.2 Å². The van der Waals surface area contributed by atoms with Gasteiger partial charge < -0.3 is 15.4 Å². The number of hydrogen-bond acceptors (Lipinski definition) is 3. The van der Waals surface area contributed by atoms with Gasteiger partial charge in [-0.1, -0.05) is 6.07 Å². The molecule has 1 aromatic carbocycles. The molecule has 1 heterocycles. The van der Waals surface area contributed by atoms with Crippen molar-refractivity contribution in [3.8, 4) is 0 Å². The van der Waals surface area contributed by atoms with Crippen LogP contribution >= 0.6 is 0 Å². The van der Waals surface area contributed by atoms with E-state index in [1.54, 1.807) is 6.07 Å². The zero-order valence-electron chi connectivity index (χ0n) is 9.29. The molecule has 1 aromatic rings. The Morgan fingerprint density at radius 2 is 2.06 bits per heavy atom. The molecule has 1 saturated heterocycles. The molecule has 0 bridgehead atoms. The first kappa shape index (κ1) is 11.4. The minimum absolute atomic E-state index is 0.159. The number of anilines is 1. The topological polar surface area (TPSA) is 38.5 Å². The zero-order valence-corrected chi connectivity index (χ0v) is 9.29. The molecule has 2 N–H and O–H groups in total. The molecule has 1 aliphatic rings. The molecule has 1 aliphatic heterocycles. The third-order valence-electron chi connectivity index (χ3n) is 2.80. The number of ether oxygens (including phenoxy) is 1. The Balaban J connectivity index is 2.14. The van der Waals surface area contributed by atoms with Crippen LogP contribution in [0.4, 0.5) is 10.1 Å². The first-order valence-corrected chi connectivity index (χ1v) is 5.62. The number of benzene rings is 1. The van der Waals surface area contributed by atoms with Crippen molar-refractivity contribution in [2.45, 2.75) is 6.42 Å². The summed E-state index contributed by atoms with van der Waals surface area (Å²) in [7, 11) is 0. The fourth-order valence-electron chi connectivity index (χ4n) is 1.93. The number of nitrogens with zero attached hydrogens (tertiary/aromatic N) is 1. The predicted octanol–water partition coefficient (Wildman–Crippen LogP) is 1.16. The van der Waals surface area contributed by atoms with Gasteiger partial charge in [-0.3, -0.25) is 0 Å². The molecule has 3 nitrogen and oxygen atoms in total. The summed E-state index contributed by atoms with van der Waals surface area (Å²) in [4.78, 5) is 2.02. The molecule has 0 radical (unpaired) electrons. The highest BCUT2D eigenvalue weighted by atomic mass is 19.1. The van der Waals surface area contributed by atoms with E-state index in [2.05, 4.69) is 0 Å². The van der Waals surface area contributed by atoms with Crippen LogP contribution in [0.25, 0.3) is 0 Å². The number of hydrogen-bond donors (Lipinski definition) is 1. The van der Waals surface area contributed by atoms with Gasteiger partial charge >= 0.3 is 0 Å². The lowest BCUT2D eigenvalue weighted by molar-refractivity contribution is 0.122. The van der Waals surface area contributed by atoms with Gasteiger partial charge in [0.05, 0.1) is 18.9 Å². The molecule has 4 heteroatoms. The van der Waals surface area contributed by atoms with Gasteiger partial charge in [-0.25, -0.2) is 4.39 Å². The summed E-state index contributed by atoms with van der Waals surface area (Å²) in [6.07, 6.45) is 0.723. The van der Waals surface area contributed by atoms with E-state index >= 15 is 0 Å². The fraction of sp³-hybridized carbons (Fsp3) is 0.500. The number of morpholine rings is 1. The number of rotatable bonds is 3. The Morgan fingerprint density at radius 3 is 2.69 bits per heavy atom. The van der Waals surface area contributed by atoms with Crippen LogP contribution in [0, 0.1) is 5.82 Å². The van der Waals surface area contributed by atoms with Crippen LogP contribution in [0.15, 0.2) is 18.2 Å². The maximum absolute atomic E-state index is 13.8. The molecular weight excluding hydrogens is 207 g/mol. The van der Waals surface area contributed by atoms with Crippen molar-refractivity contribution in [2.24, 2.45) is 5.73 Å². The fourth-order valence-corrected chi connectivity index (χ4v) is 1.93. The van der Waals surface area contributed by atoms with E-state index in [9.17, 15) is 4.39 Å². The summed E-state index contributed by atoms with van der Waals surface area (Å²) in [5, 5.41) is 0. The highest BCUT2D eigenvalue weighted by molar-refractivity contribution is 5.49. The van der Waals surface area contributed by atoms with Gasteiger partial charge in [0.15, 0.2) is 0 Å². The van der Waals surface area contributed by atoms with Crippen molar-refractivity contribution >= 4 is 5.69 Å². The minimum Gasteiger partial charge on any atom is -0.378 e. The Hall–Kier alpha value is -1.13. The number of halogens is 1. The second-order valence-electron chi connectivity index (χ2n) is 3.92. The average molecular weight is 224 g/mol. The van der Waals surface area contributed by atoms with E-state index in [0.717, 1.165) is 25.1 Å². The summed E-state index contributed by atoms with van der Waals surface area (Å²) in [5.41, 5.74) is 7.07. The second kappa shape index (κ2) is 5.27. The summed E-state index contributed by atoms with van der Waals surface area (Å²) in [5.74, 6) is -0.159. The van der Waals surface area contributed by atoms with Crippen molar-refractivity contribution in [3.05, 3.63) is 29.6 Å². The molecule has 0 aromatic heterocycles. The first-order chi connectivity index (χ1) is 7.81. The Bertz CT molecular complexity index is 351. The third-order valence-corrected chi connectivity index (χ3v) is 2.80. The summed E-state index contributed by atoms with van der Waals surface area (Å²) >= 11 is 0. The van der Waals surface area contributed by atoms with Crippen molar-refractivity contribution in [1.29, 1.82) is 0 Å². The lowest BCUT2D eigenvalue weighted by Crippen LogP contribution is -2.36. The van der Waals surface area contributed by atoms with Gasteiger partial charge in [-0.2, -0.15) is 0 Å². The van der Waals surface area contributed by atoms with E-state index in [0.29, 0.717) is 25.4 Å². The molecule has 88 valence electrons. The summed E-state index contributed by atoms with van der Waals surface area (Å²) < 4.78 is 19.1. The van der Waals surface area contributed by atoms with Gasteiger partial charge in [-0.15, -0.1) is 0 Å². The van der Waals surface area contributed by atoms with Gasteiger partial charge in [0.1, 0.15) is 5.82 Å². The molecule has 0 aliphatic carbocycles. The highest BCUT2D eigenvalue weighted by Gasteiger charge is 2.14. The SMILES string of the molecule is NCCc1ccc(N2CCOCC2)c(F)c1. The van der Waals surface area contributed by atoms with E-state index in [4.69, 9.17) is 10.5 Å². The van der Waals surface area contributed by atoms with E-state index in [1.807, 2.05) is 17.0 Å². The van der Waals surface area contributed by atoms with Crippen LogP contribution in [0.2, 0.25) is 0 Å². The van der Waals surface area contributed by atoms with Crippen LogP contribution in [0.5, 0.6) is 0 Å². The van der Waals surface area contributed by atoms with Crippen molar-refractivity contribution in [1.82, 2.24) is 0 Å². The van der Waals surface area contributed by atoms with E-state index in [-0.39, 0.29) is 5.82 Å². The summed E-state index contributed by atoms with van der Waals surface area (Å²) in [6.45, 7) is 3.41. The first-order valence-electron chi connectivity index (χ1n) is 5.62. The van der Waals surface area contributed by atoms with Gasteiger partial charge in [-0.05, 0) is 30.7 Å². The molecule has 0 atom stereocenters. The molecule has 0 unspecified atom stereocenters. The van der Waals surface area contributed by atoms with Crippen LogP contribution in [0.3, 0.4) is 0 Å². The average Bonchev–Trinajstić information content (AvgIpc) is 2.31. The van der Waals surface area contributed by atoms with Gasteiger partial charge in [0.2, 0.25) is 0 Å². The predicted molar refractivity (Wildman–Crippen MR) is 62.2 cm³/mol. The lowest BCUT2D eigenvalue weighted by Gasteiger charge is -2.29. The molecule has 16 heavy (non-hydrogen) atoms. The summed E-state index contributed by atoms with van der Waals surface area (Å²) in [6, 6.07) is 5.37. The molecule has 0 saturated carbocycles. The van der Waals surface area contributed by atoms with Gasteiger partial charge in [0.25, 0.3) is 0 Å². The van der Waals surface area contributed by atoms with E-state index in [1.165, 1.54) is 0 Å². The van der Waals surface area contributed by atoms with Gasteiger partial charge in [0, 0.05) is 13.1 Å². The smallest absolute Gasteiger partial charge is 0.146 e. The second-order valence-corrected chi connectivity index (χ2v) is 3.92. The number of nitrogens with two attached hydrogens (primary N) is 1. The van der Waals surface area contributed by atoms with Crippen molar-refractivity contribution < 1.29 is 9.13 Å². The zero-order chi connectivity index (χ0) is 11.4. The highest BCUT2D eigenvalue weighted by Crippen LogP contribution is 2.21. The molecule has 1 fully saturated rings. The Morgan fingerprint density at radius 1 is 1.31 bits per heavy atom. The van der Waals surface area contributed by atoms with Crippen molar-refractivity contribution in [3.63, 3.8) is 0 Å². The Kier molecular flexibility index (Phi) is 3.74. The Labute approximate surface area is 95.0 Å². The third kappa shape index (κ3) is 2.51. The standard InChI is InChI=1S/C12H17FN2O/c13-11-9-10(3-4-14)1-2-12(11)15-5-7-16-8-6-15/h1-2,9H,3-8,14H2. The molecule has 2 rings (SSSR count).